The number of fused-ring (bicyclic) bond motifs is 1. The number of carbonyl (C=O) groups is 2. The van der Waals surface area contributed by atoms with Gasteiger partial charge in [-0.2, -0.15) is 0 Å². The second-order valence-electron chi connectivity index (χ2n) is 3.37. The molecule has 1 heterocycles. The second-order valence-corrected chi connectivity index (χ2v) is 4.84. The van der Waals surface area contributed by atoms with Crippen molar-refractivity contribution in [3.05, 3.63) is 23.2 Å². The minimum Gasteiger partial charge on any atom is -0.479 e. The fourth-order valence-electron chi connectivity index (χ4n) is 1.24. The Bertz CT molecular complexity index is 630. The van der Waals surface area contributed by atoms with Crippen molar-refractivity contribution >= 4 is 50.3 Å². The first-order valence-electron chi connectivity index (χ1n) is 5.01. The van der Waals surface area contributed by atoms with E-state index in [2.05, 4.69) is 15.1 Å². The van der Waals surface area contributed by atoms with Gasteiger partial charge < -0.3 is 5.11 Å². The van der Waals surface area contributed by atoms with Crippen LogP contribution in [0.2, 0.25) is 5.02 Å². The fraction of sp³-hybridized carbons (Fsp3) is 0.100. The molecule has 100 valence electrons. The van der Waals surface area contributed by atoms with Crippen LogP contribution in [-0.2, 0) is 9.63 Å². The van der Waals surface area contributed by atoms with Crippen LogP contribution >= 0.6 is 22.9 Å². The van der Waals surface area contributed by atoms with Crippen LogP contribution < -0.4 is 10.8 Å². The highest BCUT2D eigenvalue weighted by atomic mass is 35.5. The van der Waals surface area contributed by atoms with Gasteiger partial charge in [0.25, 0.3) is 0 Å². The van der Waals surface area contributed by atoms with Crippen LogP contribution in [0.25, 0.3) is 10.2 Å². The zero-order valence-corrected chi connectivity index (χ0v) is 10.9. The maximum atomic E-state index is 11.3. The zero-order chi connectivity index (χ0) is 13.8. The van der Waals surface area contributed by atoms with E-state index in [-0.39, 0.29) is 0 Å². The number of aromatic nitrogens is 1. The summed E-state index contributed by atoms with van der Waals surface area (Å²) in [4.78, 5) is 30.1. The van der Waals surface area contributed by atoms with Gasteiger partial charge in [-0.3, -0.25) is 10.2 Å². The molecule has 0 aliphatic rings. The SMILES string of the molecule is O=C(O)CONC(=O)Nc1nc2ccc(Cl)cc2s1. The standard InChI is InChI=1S/C10H8ClN3O4S/c11-5-1-2-6-7(3-5)19-10(12-6)13-9(17)14-18-4-8(15)16/h1-3H,4H2,(H,15,16)(H2,12,13,14,17). The van der Waals surface area contributed by atoms with Crippen molar-refractivity contribution < 1.29 is 19.5 Å². The van der Waals surface area contributed by atoms with Gasteiger partial charge in [0.1, 0.15) is 0 Å². The van der Waals surface area contributed by atoms with Crippen LogP contribution in [0.5, 0.6) is 0 Å². The van der Waals surface area contributed by atoms with Crippen molar-refractivity contribution in [2.24, 2.45) is 0 Å². The molecule has 2 rings (SSSR count). The third-order valence-electron chi connectivity index (χ3n) is 1.93. The molecule has 3 N–H and O–H groups in total. The quantitative estimate of drug-likeness (QED) is 0.751. The number of hydrogen-bond acceptors (Lipinski definition) is 5. The summed E-state index contributed by atoms with van der Waals surface area (Å²) in [5.74, 6) is -1.19. The first-order chi connectivity index (χ1) is 9.04. The van der Waals surface area contributed by atoms with E-state index in [0.717, 1.165) is 4.70 Å². The number of amides is 2. The maximum absolute atomic E-state index is 11.3. The minimum absolute atomic E-state index is 0.355. The highest BCUT2D eigenvalue weighted by Gasteiger charge is 2.08. The summed E-state index contributed by atoms with van der Waals surface area (Å²) in [6.45, 7) is -0.622. The molecule has 1 aromatic carbocycles. The molecule has 0 aliphatic heterocycles. The molecule has 0 fully saturated rings. The number of benzene rings is 1. The number of aliphatic carboxylic acids is 1. The average Bonchev–Trinajstić information content (AvgIpc) is 2.69. The van der Waals surface area contributed by atoms with Crippen LogP contribution in [-0.4, -0.2) is 28.7 Å². The van der Waals surface area contributed by atoms with Gasteiger partial charge in [0.15, 0.2) is 11.7 Å². The molecule has 0 unspecified atom stereocenters. The molecule has 0 saturated carbocycles. The van der Waals surface area contributed by atoms with E-state index in [4.69, 9.17) is 16.7 Å². The van der Waals surface area contributed by atoms with E-state index in [1.54, 1.807) is 18.2 Å². The number of rotatable bonds is 4. The van der Waals surface area contributed by atoms with Crippen LogP contribution in [0.15, 0.2) is 18.2 Å². The van der Waals surface area contributed by atoms with Gasteiger partial charge in [-0.1, -0.05) is 22.9 Å². The van der Waals surface area contributed by atoms with Gasteiger partial charge in [-0.05, 0) is 18.2 Å². The van der Waals surface area contributed by atoms with E-state index < -0.39 is 18.6 Å². The first-order valence-corrected chi connectivity index (χ1v) is 6.21. The molecule has 0 spiro atoms. The lowest BCUT2D eigenvalue weighted by molar-refractivity contribution is -0.143. The topological polar surface area (TPSA) is 101 Å². The lowest BCUT2D eigenvalue weighted by Crippen LogP contribution is -2.30. The number of carboxylic acids is 1. The Hall–Kier alpha value is -1.90. The summed E-state index contributed by atoms with van der Waals surface area (Å²) in [6.07, 6.45) is 0. The van der Waals surface area contributed by atoms with Crippen molar-refractivity contribution in [3.63, 3.8) is 0 Å². The number of thiazole rings is 1. The third kappa shape index (κ3) is 3.78. The Morgan fingerprint density at radius 3 is 3.00 bits per heavy atom. The number of nitrogens with zero attached hydrogens (tertiary/aromatic N) is 1. The Morgan fingerprint density at radius 2 is 2.26 bits per heavy atom. The smallest absolute Gasteiger partial charge is 0.344 e. The predicted octanol–water partition coefficient (Wildman–Crippen LogP) is 2.09. The van der Waals surface area contributed by atoms with Crippen molar-refractivity contribution in [2.75, 3.05) is 11.9 Å². The van der Waals surface area contributed by atoms with E-state index in [1.165, 1.54) is 11.3 Å². The number of hydrogen-bond donors (Lipinski definition) is 3. The number of carboxylic acid groups (broad SMARTS) is 1. The Labute approximate surface area is 116 Å². The fourth-order valence-corrected chi connectivity index (χ4v) is 2.37. The van der Waals surface area contributed by atoms with Crippen LogP contribution in [0.1, 0.15) is 0 Å². The maximum Gasteiger partial charge on any atom is 0.344 e. The molecule has 0 aliphatic carbocycles. The molecule has 0 radical (unpaired) electrons. The highest BCUT2D eigenvalue weighted by Crippen LogP contribution is 2.28. The summed E-state index contributed by atoms with van der Waals surface area (Å²) in [7, 11) is 0. The molecule has 9 heteroatoms. The predicted molar refractivity (Wildman–Crippen MR) is 70.4 cm³/mol. The van der Waals surface area contributed by atoms with Crippen LogP contribution in [0.4, 0.5) is 9.93 Å². The third-order valence-corrected chi connectivity index (χ3v) is 3.10. The number of anilines is 1. The number of urea groups is 1. The molecule has 0 bridgehead atoms. The molecule has 0 atom stereocenters. The molecule has 2 aromatic rings. The van der Waals surface area contributed by atoms with Gasteiger partial charge in [0.05, 0.1) is 10.2 Å². The summed E-state index contributed by atoms with van der Waals surface area (Å²) in [5, 5.41) is 11.7. The highest BCUT2D eigenvalue weighted by molar-refractivity contribution is 7.22. The minimum atomic E-state index is -1.19. The zero-order valence-electron chi connectivity index (χ0n) is 9.34. The largest absolute Gasteiger partial charge is 0.479 e. The molecule has 2 amide bonds. The van der Waals surface area contributed by atoms with Crippen molar-refractivity contribution in [1.29, 1.82) is 0 Å². The van der Waals surface area contributed by atoms with E-state index in [0.29, 0.717) is 15.7 Å². The van der Waals surface area contributed by atoms with Gasteiger partial charge in [-0.25, -0.2) is 20.1 Å². The van der Waals surface area contributed by atoms with Crippen molar-refractivity contribution in [3.8, 4) is 0 Å². The number of halogens is 1. The average molecular weight is 302 g/mol. The Morgan fingerprint density at radius 1 is 1.47 bits per heavy atom. The van der Waals surface area contributed by atoms with Crippen LogP contribution in [0.3, 0.4) is 0 Å². The molecule has 1 aromatic heterocycles. The number of hydroxylamine groups is 1. The van der Waals surface area contributed by atoms with E-state index in [1.807, 2.05) is 5.48 Å². The van der Waals surface area contributed by atoms with Gasteiger partial charge in [0.2, 0.25) is 0 Å². The lowest BCUT2D eigenvalue weighted by atomic mass is 10.3. The summed E-state index contributed by atoms with van der Waals surface area (Å²) in [6, 6.07) is 4.46. The molecule has 7 nitrogen and oxygen atoms in total. The van der Waals surface area contributed by atoms with Gasteiger partial charge in [-0.15, -0.1) is 0 Å². The van der Waals surface area contributed by atoms with E-state index in [9.17, 15) is 9.59 Å². The summed E-state index contributed by atoms with van der Waals surface area (Å²) in [5.41, 5.74) is 2.63. The monoisotopic (exact) mass is 301 g/mol. The van der Waals surface area contributed by atoms with Gasteiger partial charge in [0, 0.05) is 5.02 Å². The molecular weight excluding hydrogens is 294 g/mol. The Balaban J connectivity index is 1.97. The molecular formula is C10H8ClN3O4S. The van der Waals surface area contributed by atoms with E-state index >= 15 is 0 Å². The van der Waals surface area contributed by atoms with Crippen LogP contribution in [0, 0.1) is 0 Å². The summed E-state index contributed by atoms with van der Waals surface area (Å²) >= 11 is 7.08. The second kappa shape index (κ2) is 5.83. The normalized spacial score (nSPS) is 10.4. The Kier molecular flexibility index (Phi) is 4.15. The first kappa shape index (κ1) is 13.5. The van der Waals surface area contributed by atoms with Gasteiger partial charge >= 0.3 is 12.0 Å². The molecule has 19 heavy (non-hydrogen) atoms. The van der Waals surface area contributed by atoms with Crippen molar-refractivity contribution in [2.45, 2.75) is 0 Å². The number of nitrogens with one attached hydrogen (secondary N) is 2. The lowest BCUT2D eigenvalue weighted by Gasteiger charge is -2.02. The molecule has 0 saturated heterocycles. The summed E-state index contributed by atoms with van der Waals surface area (Å²) < 4.78 is 0.828. The number of carbonyl (C=O) groups excluding carboxylic acids is 1. The van der Waals surface area contributed by atoms with Crippen molar-refractivity contribution in [1.82, 2.24) is 10.5 Å².